The molecule has 10 heavy (non-hydrogen) atoms. The van der Waals surface area contributed by atoms with Crippen molar-refractivity contribution in [3.8, 4) is 0 Å². The molecule has 58 valence electrons. The monoisotopic (exact) mass is 146 g/mol. The first kappa shape index (κ1) is 7.11. The lowest BCUT2D eigenvalue weighted by Gasteiger charge is -2.03. The van der Waals surface area contributed by atoms with E-state index in [-0.39, 0.29) is 0 Å². The molecule has 0 radical (unpaired) electrons. The molecular weight excluding hydrogens is 134 g/mol. The molecule has 1 N–H and O–H groups in total. The highest BCUT2D eigenvalue weighted by Gasteiger charge is 2.24. The van der Waals surface area contributed by atoms with E-state index in [0.29, 0.717) is 0 Å². The van der Waals surface area contributed by atoms with Gasteiger partial charge in [0, 0.05) is 0 Å². The summed E-state index contributed by atoms with van der Waals surface area (Å²) in [7, 11) is 1.47. The second kappa shape index (κ2) is 3.24. The van der Waals surface area contributed by atoms with Crippen LogP contribution in [0.5, 0.6) is 0 Å². The Morgan fingerprint density at radius 1 is 1.50 bits per heavy atom. The zero-order chi connectivity index (χ0) is 7.40. The lowest BCUT2D eigenvalue weighted by atomic mass is 10.4. The maximum absolute atomic E-state index is 8.37. The third kappa shape index (κ3) is 1.29. The standard InChI is InChI=1S/C5H11N3O2/c1-10-8(6-9)7-4-2-3-5-7/h2-5H2,1H3/p+1. The molecule has 1 fully saturated rings. The molecule has 1 rings (SSSR count). The maximum atomic E-state index is 8.37. The second-order valence-electron chi connectivity index (χ2n) is 2.19. The molecule has 5 heteroatoms. The predicted molar refractivity (Wildman–Crippen MR) is 32.3 cm³/mol. The van der Waals surface area contributed by atoms with Crippen LogP contribution in [-0.2, 0) is 4.84 Å². The highest BCUT2D eigenvalue weighted by molar-refractivity contribution is 4.54. The molecule has 1 aliphatic rings. The van der Waals surface area contributed by atoms with Gasteiger partial charge in [-0.05, 0) is 12.8 Å². The summed E-state index contributed by atoms with van der Waals surface area (Å²) >= 11 is 0. The highest BCUT2D eigenvalue weighted by atomic mass is 16.7. The minimum atomic E-state index is 0.901. The van der Waals surface area contributed by atoms with Crippen molar-refractivity contribution in [2.75, 3.05) is 20.2 Å². The van der Waals surface area contributed by atoms with Gasteiger partial charge in [-0.25, -0.2) is 4.84 Å². The fourth-order valence-corrected chi connectivity index (χ4v) is 1.08. The Morgan fingerprint density at radius 3 is 2.50 bits per heavy atom. The highest BCUT2D eigenvalue weighted by Crippen LogP contribution is 2.07. The van der Waals surface area contributed by atoms with Crippen LogP contribution in [0.15, 0.2) is 5.28 Å². The summed E-state index contributed by atoms with van der Waals surface area (Å²) in [6.45, 7) is 1.80. The van der Waals surface area contributed by atoms with Gasteiger partial charge in [0.15, 0.2) is 7.11 Å². The molecule has 0 saturated carbocycles. The van der Waals surface area contributed by atoms with Gasteiger partial charge in [0.1, 0.15) is 0 Å². The molecule has 0 unspecified atom stereocenters. The topological polar surface area (TPSA) is 48.1 Å². The van der Waals surface area contributed by atoms with Crippen molar-refractivity contribution in [2.45, 2.75) is 12.8 Å². The first-order valence-electron chi connectivity index (χ1n) is 3.32. The van der Waals surface area contributed by atoms with Crippen LogP contribution in [0, 0.1) is 0 Å². The fraction of sp³-hybridized carbons (Fsp3) is 1.00. The van der Waals surface area contributed by atoms with Crippen molar-refractivity contribution in [2.24, 2.45) is 5.28 Å². The number of rotatable bonds is 2. The predicted octanol–water partition coefficient (Wildman–Crippen LogP) is 0.413. The van der Waals surface area contributed by atoms with E-state index in [4.69, 9.17) is 10.0 Å². The van der Waals surface area contributed by atoms with Crippen LogP contribution >= 0.6 is 0 Å². The van der Waals surface area contributed by atoms with Gasteiger partial charge >= 0.3 is 0 Å². The molecule has 1 aliphatic heterocycles. The summed E-state index contributed by atoms with van der Waals surface area (Å²) in [6, 6.07) is 0. The lowest BCUT2D eigenvalue weighted by Crippen LogP contribution is -2.30. The lowest BCUT2D eigenvalue weighted by molar-refractivity contribution is -0.940. The molecule has 1 saturated heterocycles. The van der Waals surface area contributed by atoms with E-state index >= 15 is 0 Å². The molecule has 0 aromatic rings. The van der Waals surface area contributed by atoms with Gasteiger partial charge in [0.25, 0.3) is 10.2 Å². The molecule has 0 atom stereocenters. The van der Waals surface area contributed by atoms with E-state index in [9.17, 15) is 0 Å². The summed E-state index contributed by atoms with van der Waals surface area (Å²) < 4.78 is 0. The molecule has 0 aromatic carbocycles. The molecule has 0 amide bonds. The van der Waals surface area contributed by atoms with E-state index in [1.807, 2.05) is 5.01 Å². The van der Waals surface area contributed by atoms with Crippen LogP contribution in [-0.4, -0.2) is 35.4 Å². The van der Waals surface area contributed by atoms with Crippen LogP contribution in [0.3, 0.4) is 0 Å². The van der Waals surface area contributed by atoms with E-state index < -0.39 is 0 Å². The van der Waals surface area contributed by atoms with Crippen molar-refractivity contribution < 1.29 is 15.0 Å². The van der Waals surface area contributed by atoms with Crippen LogP contribution in [0.25, 0.3) is 0 Å². The molecule has 0 spiro atoms. The summed E-state index contributed by atoms with van der Waals surface area (Å²) in [5, 5.41) is 13.1. The van der Waals surface area contributed by atoms with Crippen LogP contribution in [0.2, 0.25) is 0 Å². The van der Waals surface area contributed by atoms with Gasteiger partial charge in [-0.15, -0.1) is 5.01 Å². The molecular formula is C5H12N3O2+. The maximum Gasteiger partial charge on any atom is 0.272 e. The molecule has 5 nitrogen and oxygen atoms in total. The van der Waals surface area contributed by atoms with Crippen LogP contribution in [0.4, 0.5) is 0 Å². The Hall–Kier alpha value is -1.00. The minimum Gasteiger partial charge on any atom is -0.357 e. The van der Waals surface area contributed by atoms with E-state index in [1.165, 1.54) is 7.11 Å². The number of hydrogen-bond donors (Lipinski definition) is 1. The Bertz CT molecular complexity index is 131. The zero-order valence-electron chi connectivity index (χ0n) is 6.03. The summed E-state index contributed by atoms with van der Waals surface area (Å²) in [6.07, 6.45) is 2.27. The molecule has 0 bridgehead atoms. The first-order valence-corrected chi connectivity index (χ1v) is 3.32. The summed E-state index contributed by atoms with van der Waals surface area (Å²) in [5.74, 6) is 0. The largest absolute Gasteiger partial charge is 0.357 e. The molecule has 0 aromatic heterocycles. The van der Waals surface area contributed by atoms with E-state index in [2.05, 4.69) is 5.28 Å². The number of nitrogens with zero attached hydrogens (tertiary/aromatic N) is 3. The third-order valence-corrected chi connectivity index (χ3v) is 1.56. The van der Waals surface area contributed by atoms with Crippen molar-refractivity contribution in [3.05, 3.63) is 0 Å². The smallest absolute Gasteiger partial charge is 0.272 e. The van der Waals surface area contributed by atoms with Crippen molar-refractivity contribution in [3.63, 3.8) is 0 Å². The Balaban J connectivity index is 2.45. The number of hydrazine groups is 1. The molecule has 0 aliphatic carbocycles. The van der Waals surface area contributed by atoms with Gasteiger partial charge in [0.2, 0.25) is 0 Å². The minimum absolute atomic E-state index is 0.901. The van der Waals surface area contributed by atoms with E-state index in [0.717, 1.165) is 30.9 Å². The fourth-order valence-electron chi connectivity index (χ4n) is 1.08. The van der Waals surface area contributed by atoms with Crippen LogP contribution < -0.4 is 0 Å². The van der Waals surface area contributed by atoms with Crippen molar-refractivity contribution in [1.82, 2.24) is 5.01 Å². The third-order valence-electron chi connectivity index (χ3n) is 1.56. The average molecular weight is 146 g/mol. The second-order valence-corrected chi connectivity index (χ2v) is 2.19. The summed E-state index contributed by atoms with van der Waals surface area (Å²) in [5.41, 5.74) is 0. The normalized spacial score (nSPS) is 19.7. The Labute approximate surface area is 59.4 Å². The van der Waals surface area contributed by atoms with Gasteiger partial charge in [-0.3, -0.25) is 0 Å². The van der Waals surface area contributed by atoms with E-state index in [1.54, 1.807) is 0 Å². The average Bonchev–Trinajstić information content (AvgIpc) is 2.43. The first-order chi connectivity index (χ1) is 4.88. The van der Waals surface area contributed by atoms with Crippen LogP contribution in [0.1, 0.15) is 12.8 Å². The molecule has 1 heterocycles. The van der Waals surface area contributed by atoms with Crippen molar-refractivity contribution >= 4 is 0 Å². The summed E-state index contributed by atoms with van der Waals surface area (Å²) in [4.78, 5) is 5.83. The van der Waals surface area contributed by atoms with Gasteiger partial charge in [0.05, 0.1) is 13.1 Å². The van der Waals surface area contributed by atoms with Crippen molar-refractivity contribution in [1.29, 1.82) is 0 Å². The zero-order valence-corrected chi connectivity index (χ0v) is 6.03. The SMILES string of the molecule is CO/[N+](=N\O)N1CCCC1. The Morgan fingerprint density at radius 2 is 2.10 bits per heavy atom. The van der Waals surface area contributed by atoms with Gasteiger partial charge in [-0.1, -0.05) is 0 Å². The van der Waals surface area contributed by atoms with Gasteiger partial charge < -0.3 is 5.21 Å². The quantitative estimate of drug-likeness (QED) is 0.349. The van der Waals surface area contributed by atoms with Gasteiger partial charge in [-0.2, -0.15) is 0 Å². The number of hydrogen-bond acceptors (Lipinski definition) is 2. The Kier molecular flexibility index (Phi) is 2.30.